The van der Waals surface area contributed by atoms with E-state index in [1.807, 2.05) is 29.2 Å². The van der Waals surface area contributed by atoms with E-state index in [1.54, 1.807) is 6.20 Å². The summed E-state index contributed by atoms with van der Waals surface area (Å²) in [4.78, 5) is 29.7. The second-order valence-corrected chi connectivity index (χ2v) is 5.81. The first-order chi connectivity index (χ1) is 10.3. The summed E-state index contributed by atoms with van der Waals surface area (Å²) in [5, 5.41) is 3.83. The number of carbonyl (C=O) groups excluding carboxylic acids is 2. The van der Waals surface area contributed by atoms with Gasteiger partial charge >= 0.3 is 0 Å². The second-order valence-electron chi connectivity index (χ2n) is 5.81. The van der Waals surface area contributed by atoms with Crippen molar-refractivity contribution in [3.63, 3.8) is 0 Å². The van der Waals surface area contributed by atoms with Crippen LogP contribution in [-0.2, 0) is 4.79 Å². The van der Waals surface area contributed by atoms with Crippen LogP contribution in [0, 0.1) is 5.92 Å². The number of carbonyl (C=O) groups is 2. The minimum Gasteiger partial charge on any atom is -0.360 e. The van der Waals surface area contributed by atoms with Crippen LogP contribution in [-0.4, -0.2) is 40.8 Å². The Balaban J connectivity index is 1.69. The predicted molar refractivity (Wildman–Crippen MR) is 78.9 cm³/mol. The van der Waals surface area contributed by atoms with Gasteiger partial charge in [0.05, 0.1) is 17.5 Å². The molecule has 2 amide bonds. The lowest BCUT2D eigenvalue weighted by Gasteiger charge is -2.35. The van der Waals surface area contributed by atoms with Crippen molar-refractivity contribution in [2.24, 2.45) is 5.92 Å². The molecular formula is C16H17N3O2. The molecule has 5 heteroatoms. The fourth-order valence-electron chi connectivity index (χ4n) is 3.61. The molecule has 2 unspecified atom stereocenters. The van der Waals surface area contributed by atoms with Crippen LogP contribution in [0.2, 0.25) is 0 Å². The maximum atomic E-state index is 12.9. The summed E-state index contributed by atoms with van der Waals surface area (Å²) in [6.45, 7) is 1.31. The Morgan fingerprint density at radius 1 is 1.29 bits per heavy atom. The number of H-pyrrole nitrogens is 1. The molecule has 3 heterocycles. The number of amides is 2. The number of likely N-dealkylation sites (tertiary alicyclic amines) is 1. The number of para-hydroxylation sites is 1. The van der Waals surface area contributed by atoms with E-state index >= 15 is 0 Å². The van der Waals surface area contributed by atoms with Crippen LogP contribution in [0.1, 0.15) is 23.2 Å². The van der Waals surface area contributed by atoms with Crippen LogP contribution in [0.5, 0.6) is 0 Å². The zero-order valence-corrected chi connectivity index (χ0v) is 11.6. The van der Waals surface area contributed by atoms with Gasteiger partial charge < -0.3 is 15.2 Å². The van der Waals surface area contributed by atoms with Crippen molar-refractivity contribution < 1.29 is 9.59 Å². The number of rotatable bonds is 1. The number of aromatic nitrogens is 1. The first kappa shape index (κ1) is 12.4. The summed E-state index contributed by atoms with van der Waals surface area (Å²) >= 11 is 0. The van der Waals surface area contributed by atoms with Crippen LogP contribution in [0.25, 0.3) is 10.9 Å². The number of piperidine rings is 1. The molecule has 0 spiro atoms. The molecule has 2 N–H and O–H groups in total. The van der Waals surface area contributed by atoms with E-state index in [0.717, 1.165) is 30.3 Å². The maximum Gasteiger partial charge on any atom is 0.256 e. The highest BCUT2D eigenvalue weighted by Crippen LogP contribution is 2.30. The van der Waals surface area contributed by atoms with E-state index in [1.165, 1.54) is 0 Å². The van der Waals surface area contributed by atoms with Gasteiger partial charge in [0.2, 0.25) is 5.91 Å². The van der Waals surface area contributed by atoms with Crippen LogP contribution in [0.4, 0.5) is 0 Å². The van der Waals surface area contributed by atoms with Crippen molar-refractivity contribution >= 4 is 22.7 Å². The van der Waals surface area contributed by atoms with Gasteiger partial charge in [-0.25, -0.2) is 0 Å². The summed E-state index contributed by atoms with van der Waals surface area (Å²) in [5.41, 5.74) is 1.67. The fraction of sp³-hybridized carbons (Fsp3) is 0.375. The molecule has 0 aliphatic carbocycles. The maximum absolute atomic E-state index is 12.9. The summed E-state index contributed by atoms with van der Waals surface area (Å²) in [5.74, 6) is 0.0861. The molecule has 2 saturated heterocycles. The van der Waals surface area contributed by atoms with Crippen LogP contribution in [0.3, 0.4) is 0 Å². The average molecular weight is 283 g/mol. The summed E-state index contributed by atoms with van der Waals surface area (Å²) < 4.78 is 0. The smallest absolute Gasteiger partial charge is 0.256 e. The number of nitrogens with one attached hydrogen (secondary N) is 2. The Morgan fingerprint density at radius 2 is 2.14 bits per heavy atom. The molecule has 0 saturated carbocycles. The van der Waals surface area contributed by atoms with E-state index in [9.17, 15) is 9.59 Å². The highest BCUT2D eigenvalue weighted by atomic mass is 16.2. The van der Waals surface area contributed by atoms with Gasteiger partial charge in [-0.05, 0) is 18.9 Å². The van der Waals surface area contributed by atoms with E-state index in [-0.39, 0.29) is 23.8 Å². The molecule has 2 aliphatic rings. The molecule has 4 rings (SSSR count). The number of nitrogens with zero attached hydrogens (tertiary/aromatic N) is 1. The van der Waals surface area contributed by atoms with Gasteiger partial charge in [0.15, 0.2) is 0 Å². The Hall–Kier alpha value is -2.30. The van der Waals surface area contributed by atoms with Crippen molar-refractivity contribution in [1.82, 2.24) is 15.2 Å². The molecule has 0 radical (unpaired) electrons. The Bertz CT molecular complexity index is 721. The number of hydrogen-bond acceptors (Lipinski definition) is 2. The zero-order chi connectivity index (χ0) is 14.4. The first-order valence-corrected chi connectivity index (χ1v) is 7.40. The number of aromatic amines is 1. The number of benzene rings is 1. The van der Waals surface area contributed by atoms with Crippen LogP contribution in [0.15, 0.2) is 30.5 Å². The summed E-state index contributed by atoms with van der Waals surface area (Å²) in [7, 11) is 0. The lowest BCUT2D eigenvalue weighted by Crippen LogP contribution is -2.48. The standard InChI is InChI=1S/C16H17N3O2/c20-15-11-5-3-7-19(14(11)9-18-15)16(21)12-8-17-13-6-2-1-4-10(12)13/h1-2,4,6,8,11,14,17H,3,5,7,9H2,(H,18,20). The quantitative estimate of drug-likeness (QED) is 0.833. The minimum atomic E-state index is -0.0343. The molecular weight excluding hydrogens is 266 g/mol. The van der Waals surface area contributed by atoms with Crippen LogP contribution >= 0.6 is 0 Å². The molecule has 1 aromatic carbocycles. The molecule has 21 heavy (non-hydrogen) atoms. The van der Waals surface area contributed by atoms with Gasteiger partial charge in [-0.1, -0.05) is 18.2 Å². The highest BCUT2D eigenvalue weighted by Gasteiger charge is 2.42. The predicted octanol–water partition coefficient (Wildman–Crippen LogP) is 1.52. The van der Waals surface area contributed by atoms with Crippen molar-refractivity contribution in [2.75, 3.05) is 13.1 Å². The fourth-order valence-corrected chi connectivity index (χ4v) is 3.61. The van der Waals surface area contributed by atoms with E-state index in [4.69, 9.17) is 0 Å². The van der Waals surface area contributed by atoms with E-state index in [2.05, 4.69) is 10.3 Å². The average Bonchev–Trinajstić information content (AvgIpc) is 3.11. The molecule has 2 atom stereocenters. The van der Waals surface area contributed by atoms with Gasteiger partial charge in [0.1, 0.15) is 0 Å². The normalized spacial score (nSPS) is 25.0. The van der Waals surface area contributed by atoms with Gasteiger partial charge in [-0.15, -0.1) is 0 Å². The third-order valence-electron chi connectivity index (χ3n) is 4.68. The van der Waals surface area contributed by atoms with Gasteiger partial charge in [0, 0.05) is 30.2 Å². The second kappa shape index (κ2) is 4.62. The van der Waals surface area contributed by atoms with E-state index in [0.29, 0.717) is 12.1 Å². The third kappa shape index (κ3) is 1.84. The lowest BCUT2D eigenvalue weighted by molar-refractivity contribution is -0.123. The molecule has 2 aliphatic heterocycles. The van der Waals surface area contributed by atoms with Gasteiger partial charge in [-0.3, -0.25) is 9.59 Å². The largest absolute Gasteiger partial charge is 0.360 e. The summed E-state index contributed by atoms with van der Waals surface area (Å²) in [6, 6.07) is 7.81. The SMILES string of the molecule is O=C1NCC2C1CCCN2C(=O)c1c[nH]c2ccccc12. The van der Waals surface area contributed by atoms with Crippen molar-refractivity contribution in [1.29, 1.82) is 0 Å². The number of hydrogen-bond donors (Lipinski definition) is 2. The van der Waals surface area contributed by atoms with E-state index < -0.39 is 0 Å². The first-order valence-electron chi connectivity index (χ1n) is 7.40. The van der Waals surface area contributed by atoms with Crippen molar-refractivity contribution in [3.8, 4) is 0 Å². The molecule has 2 aromatic rings. The third-order valence-corrected chi connectivity index (χ3v) is 4.68. The lowest BCUT2D eigenvalue weighted by atomic mass is 9.91. The van der Waals surface area contributed by atoms with Crippen LogP contribution < -0.4 is 5.32 Å². The highest BCUT2D eigenvalue weighted by molar-refractivity contribution is 6.07. The molecule has 1 aromatic heterocycles. The number of fused-ring (bicyclic) bond motifs is 2. The Morgan fingerprint density at radius 3 is 3.05 bits per heavy atom. The summed E-state index contributed by atoms with van der Waals surface area (Å²) in [6.07, 6.45) is 3.55. The molecule has 5 nitrogen and oxygen atoms in total. The Kier molecular flexibility index (Phi) is 2.74. The van der Waals surface area contributed by atoms with Crippen molar-refractivity contribution in [2.45, 2.75) is 18.9 Å². The van der Waals surface area contributed by atoms with Crippen molar-refractivity contribution in [3.05, 3.63) is 36.0 Å². The monoisotopic (exact) mass is 283 g/mol. The zero-order valence-electron chi connectivity index (χ0n) is 11.6. The topological polar surface area (TPSA) is 65.2 Å². The van der Waals surface area contributed by atoms with Gasteiger partial charge in [-0.2, -0.15) is 0 Å². The van der Waals surface area contributed by atoms with Gasteiger partial charge in [0.25, 0.3) is 5.91 Å². The molecule has 0 bridgehead atoms. The minimum absolute atomic E-state index is 0.00686. The molecule has 2 fully saturated rings. The molecule has 108 valence electrons. The Labute approximate surface area is 122 Å².